The monoisotopic (exact) mass is 312 g/mol. The van der Waals surface area contributed by atoms with E-state index in [1.807, 2.05) is 6.92 Å². The Labute approximate surface area is 121 Å². The molecule has 0 spiro atoms. The standard InChI is InChI=1S/C12H12N2O2S3/c1-8-5-6-11(18-8)19(15,16)14-10-4-2-3-9(7-10)12(13)17/h2-7,14H,1H3,(H2,13,17). The average Bonchev–Trinajstić information content (AvgIpc) is 2.76. The third kappa shape index (κ3) is 3.31. The molecule has 1 aromatic heterocycles. The second kappa shape index (κ2) is 5.28. The lowest BCUT2D eigenvalue weighted by molar-refractivity contribution is 0.603. The Hall–Kier alpha value is -1.44. The van der Waals surface area contributed by atoms with Crippen LogP contribution in [0.3, 0.4) is 0 Å². The number of rotatable bonds is 4. The average molecular weight is 312 g/mol. The topological polar surface area (TPSA) is 72.2 Å². The summed E-state index contributed by atoms with van der Waals surface area (Å²) in [5.41, 5.74) is 6.58. The Morgan fingerprint density at radius 2 is 2.05 bits per heavy atom. The molecule has 0 aliphatic rings. The zero-order chi connectivity index (χ0) is 14.0. The molecule has 0 aliphatic carbocycles. The molecule has 4 nitrogen and oxygen atoms in total. The molecule has 0 aliphatic heterocycles. The molecule has 0 amide bonds. The maximum Gasteiger partial charge on any atom is 0.271 e. The van der Waals surface area contributed by atoms with Gasteiger partial charge in [0.25, 0.3) is 10.0 Å². The van der Waals surface area contributed by atoms with Crippen molar-refractivity contribution in [2.24, 2.45) is 5.73 Å². The van der Waals surface area contributed by atoms with E-state index in [1.54, 1.807) is 36.4 Å². The zero-order valence-corrected chi connectivity index (χ0v) is 12.5. The van der Waals surface area contributed by atoms with E-state index in [9.17, 15) is 8.42 Å². The highest BCUT2D eigenvalue weighted by molar-refractivity contribution is 7.94. The van der Waals surface area contributed by atoms with Crippen LogP contribution in [0.4, 0.5) is 5.69 Å². The van der Waals surface area contributed by atoms with Gasteiger partial charge in [0, 0.05) is 16.1 Å². The Morgan fingerprint density at radius 1 is 1.32 bits per heavy atom. The van der Waals surface area contributed by atoms with Gasteiger partial charge in [0.2, 0.25) is 0 Å². The van der Waals surface area contributed by atoms with Gasteiger partial charge in [0.15, 0.2) is 0 Å². The summed E-state index contributed by atoms with van der Waals surface area (Å²) in [5.74, 6) is 0. The number of aryl methyl sites for hydroxylation is 1. The lowest BCUT2D eigenvalue weighted by atomic mass is 10.2. The molecule has 2 aromatic rings. The molecule has 19 heavy (non-hydrogen) atoms. The van der Waals surface area contributed by atoms with Gasteiger partial charge in [-0.25, -0.2) is 8.42 Å². The third-order valence-corrected chi connectivity index (χ3v) is 5.49. The van der Waals surface area contributed by atoms with Crippen molar-refractivity contribution >= 4 is 44.3 Å². The van der Waals surface area contributed by atoms with Crippen molar-refractivity contribution in [3.8, 4) is 0 Å². The van der Waals surface area contributed by atoms with E-state index in [4.69, 9.17) is 18.0 Å². The van der Waals surface area contributed by atoms with E-state index in [2.05, 4.69) is 4.72 Å². The molecule has 0 saturated carbocycles. The van der Waals surface area contributed by atoms with Gasteiger partial charge in [-0.05, 0) is 31.2 Å². The van der Waals surface area contributed by atoms with Gasteiger partial charge in [0.1, 0.15) is 9.20 Å². The quantitative estimate of drug-likeness (QED) is 0.851. The fourth-order valence-corrected chi connectivity index (χ4v) is 3.96. The number of sulfonamides is 1. The van der Waals surface area contributed by atoms with Crippen LogP contribution >= 0.6 is 23.6 Å². The van der Waals surface area contributed by atoms with Gasteiger partial charge in [0.05, 0.1) is 0 Å². The minimum Gasteiger partial charge on any atom is -0.389 e. The van der Waals surface area contributed by atoms with E-state index in [1.165, 1.54) is 11.3 Å². The number of thiocarbonyl (C=S) groups is 1. The molecule has 100 valence electrons. The van der Waals surface area contributed by atoms with Gasteiger partial charge in [-0.2, -0.15) is 0 Å². The molecule has 0 unspecified atom stereocenters. The largest absolute Gasteiger partial charge is 0.389 e. The molecular weight excluding hydrogens is 300 g/mol. The molecule has 0 saturated heterocycles. The first-order valence-corrected chi connectivity index (χ1v) is 8.08. The van der Waals surface area contributed by atoms with Crippen LogP contribution in [0.25, 0.3) is 0 Å². The molecule has 3 N–H and O–H groups in total. The summed E-state index contributed by atoms with van der Waals surface area (Å²) in [4.78, 5) is 1.17. The molecule has 0 bridgehead atoms. The molecule has 1 aromatic carbocycles. The number of nitrogens with one attached hydrogen (secondary N) is 1. The predicted octanol–water partition coefficient (Wildman–Crippen LogP) is 2.49. The molecule has 2 rings (SSSR count). The second-order valence-corrected chi connectivity index (χ2v) is 7.55. The van der Waals surface area contributed by atoms with Crippen molar-refractivity contribution in [1.29, 1.82) is 0 Å². The first-order chi connectivity index (χ1) is 8.88. The van der Waals surface area contributed by atoms with Crippen LogP contribution in [0, 0.1) is 6.92 Å². The Balaban J connectivity index is 2.30. The predicted molar refractivity (Wildman–Crippen MR) is 82.2 cm³/mol. The molecular formula is C12H12N2O2S3. The summed E-state index contributed by atoms with van der Waals surface area (Å²) in [6.07, 6.45) is 0. The number of thiophene rings is 1. The fraction of sp³-hybridized carbons (Fsp3) is 0.0833. The molecule has 1 heterocycles. The van der Waals surface area contributed by atoms with Crippen molar-refractivity contribution in [2.75, 3.05) is 4.72 Å². The minimum absolute atomic E-state index is 0.230. The van der Waals surface area contributed by atoms with Crippen molar-refractivity contribution in [2.45, 2.75) is 11.1 Å². The van der Waals surface area contributed by atoms with Gasteiger partial charge in [-0.3, -0.25) is 4.72 Å². The maximum atomic E-state index is 12.1. The van der Waals surface area contributed by atoms with Crippen LogP contribution in [-0.2, 0) is 10.0 Å². The Kier molecular flexibility index (Phi) is 3.88. The minimum atomic E-state index is -3.55. The first kappa shape index (κ1) is 14.0. The van der Waals surface area contributed by atoms with Gasteiger partial charge in [-0.1, -0.05) is 24.4 Å². The van der Waals surface area contributed by atoms with Crippen LogP contribution in [0.2, 0.25) is 0 Å². The van der Waals surface area contributed by atoms with Crippen molar-refractivity contribution in [3.05, 3.63) is 46.8 Å². The zero-order valence-electron chi connectivity index (χ0n) is 10.1. The lowest BCUT2D eigenvalue weighted by Gasteiger charge is -2.07. The van der Waals surface area contributed by atoms with E-state index < -0.39 is 10.0 Å². The van der Waals surface area contributed by atoms with Gasteiger partial charge < -0.3 is 5.73 Å². The van der Waals surface area contributed by atoms with Crippen LogP contribution in [-0.4, -0.2) is 13.4 Å². The number of hydrogen-bond donors (Lipinski definition) is 2. The second-order valence-electron chi connectivity index (χ2n) is 3.92. The Bertz CT molecular complexity index is 720. The van der Waals surface area contributed by atoms with Crippen LogP contribution in [0.5, 0.6) is 0 Å². The van der Waals surface area contributed by atoms with Crippen LogP contribution < -0.4 is 10.5 Å². The highest BCUT2D eigenvalue weighted by Gasteiger charge is 2.16. The molecule has 0 atom stereocenters. The van der Waals surface area contributed by atoms with Crippen molar-refractivity contribution < 1.29 is 8.42 Å². The summed E-state index contributed by atoms with van der Waals surface area (Å²) in [6, 6.07) is 10.0. The number of benzene rings is 1. The highest BCUT2D eigenvalue weighted by atomic mass is 32.2. The molecule has 7 heteroatoms. The number of nitrogens with two attached hydrogens (primary N) is 1. The highest BCUT2D eigenvalue weighted by Crippen LogP contribution is 2.23. The van der Waals surface area contributed by atoms with Crippen molar-refractivity contribution in [3.63, 3.8) is 0 Å². The van der Waals surface area contributed by atoms with Crippen LogP contribution in [0.15, 0.2) is 40.6 Å². The SMILES string of the molecule is Cc1ccc(S(=O)(=O)Nc2cccc(C(N)=S)c2)s1. The number of hydrogen-bond acceptors (Lipinski definition) is 4. The maximum absolute atomic E-state index is 12.1. The van der Waals surface area contributed by atoms with Crippen LogP contribution in [0.1, 0.15) is 10.4 Å². The third-order valence-electron chi connectivity index (χ3n) is 2.38. The van der Waals surface area contributed by atoms with E-state index in [-0.39, 0.29) is 9.20 Å². The fourth-order valence-electron chi connectivity index (χ4n) is 1.50. The normalized spacial score (nSPS) is 11.2. The summed E-state index contributed by atoms with van der Waals surface area (Å²) < 4.78 is 27.1. The van der Waals surface area contributed by atoms with Gasteiger partial charge in [-0.15, -0.1) is 11.3 Å². The first-order valence-electron chi connectivity index (χ1n) is 5.37. The lowest BCUT2D eigenvalue weighted by Crippen LogP contribution is -2.13. The summed E-state index contributed by atoms with van der Waals surface area (Å²) in [7, 11) is -3.55. The summed E-state index contributed by atoms with van der Waals surface area (Å²) in [5, 5.41) is 0. The molecule has 0 radical (unpaired) electrons. The molecule has 0 fully saturated rings. The summed E-state index contributed by atoms with van der Waals surface area (Å²) in [6.45, 7) is 1.86. The Morgan fingerprint density at radius 3 is 2.63 bits per heavy atom. The van der Waals surface area contributed by atoms with Crippen molar-refractivity contribution in [1.82, 2.24) is 0 Å². The number of anilines is 1. The van der Waals surface area contributed by atoms with E-state index >= 15 is 0 Å². The van der Waals surface area contributed by atoms with E-state index in [0.29, 0.717) is 11.3 Å². The van der Waals surface area contributed by atoms with E-state index in [0.717, 1.165) is 4.88 Å². The van der Waals surface area contributed by atoms with Gasteiger partial charge >= 0.3 is 0 Å². The summed E-state index contributed by atoms with van der Waals surface area (Å²) >= 11 is 6.09. The smallest absolute Gasteiger partial charge is 0.271 e.